The van der Waals surface area contributed by atoms with Crippen molar-refractivity contribution in [1.82, 2.24) is 5.32 Å². The molecule has 0 radical (unpaired) electrons. The fourth-order valence-electron chi connectivity index (χ4n) is 3.16. The lowest BCUT2D eigenvalue weighted by atomic mass is 10.1. The van der Waals surface area contributed by atoms with E-state index in [0.717, 1.165) is 30.0 Å². The van der Waals surface area contributed by atoms with Gasteiger partial charge in [-0.3, -0.25) is 10.1 Å². The second-order valence-corrected chi connectivity index (χ2v) is 7.58. The Balaban J connectivity index is 1.53. The summed E-state index contributed by atoms with van der Waals surface area (Å²) in [5.74, 6) is 0.270. The van der Waals surface area contributed by atoms with Crippen LogP contribution in [0.15, 0.2) is 42.5 Å². The first-order valence-corrected chi connectivity index (χ1v) is 10.2. The highest BCUT2D eigenvalue weighted by molar-refractivity contribution is 7.80. The summed E-state index contributed by atoms with van der Waals surface area (Å²) >= 11 is 11.3. The van der Waals surface area contributed by atoms with E-state index >= 15 is 0 Å². The number of rotatable bonds is 5. The van der Waals surface area contributed by atoms with E-state index in [1.807, 2.05) is 25.1 Å². The highest BCUT2D eigenvalue weighted by Gasteiger charge is 2.15. The maximum Gasteiger partial charge on any atom is 0.264 e. The first kappa shape index (κ1) is 20.4. The fourth-order valence-corrected chi connectivity index (χ4v) is 3.50. The molecule has 1 heterocycles. The second-order valence-electron chi connectivity index (χ2n) is 6.77. The minimum atomic E-state index is -0.319. The molecule has 7 heteroatoms. The first-order chi connectivity index (χ1) is 13.5. The van der Waals surface area contributed by atoms with E-state index in [1.165, 1.54) is 19.3 Å². The molecule has 1 amide bonds. The zero-order valence-corrected chi connectivity index (χ0v) is 17.4. The van der Waals surface area contributed by atoms with Gasteiger partial charge in [0.05, 0.1) is 11.4 Å². The number of halogens is 1. The number of para-hydroxylation sites is 2. The number of thiocarbonyl (C=S) groups is 1. The number of hydrogen-bond donors (Lipinski definition) is 2. The molecular formula is C21H24ClN3O2S. The van der Waals surface area contributed by atoms with Crippen molar-refractivity contribution in [1.29, 1.82) is 0 Å². The first-order valence-electron chi connectivity index (χ1n) is 9.37. The lowest BCUT2D eigenvalue weighted by Gasteiger charge is -2.30. The van der Waals surface area contributed by atoms with E-state index < -0.39 is 0 Å². The smallest absolute Gasteiger partial charge is 0.264 e. The minimum Gasteiger partial charge on any atom is -0.484 e. The average Bonchev–Trinajstić information content (AvgIpc) is 2.70. The zero-order chi connectivity index (χ0) is 19.9. The van der Waals surface area contributed by atoms with Crippen LogP contribution in [0.25, 0.3) is 0 Å². The Labute approximate surface area is 176 Å². The molecule has 1 aliphatic rings. The Bertz CT molecular complexity index is 853. The van der Waals surface area contributed by atoms with Crippen molar-refractivity contribution in [2.24, 2.45) is 0 Å². The molecule has 148 valence electrons. The van der Waals surface area contributed by atoms with Crippen LogP contribution in [0.2, 0.25) is 5.02 Å². The number of benzene rings is 2. The van der Waals surface area contributed by atoms with Crippen molar-refractivity contribution < 1.29 is 9.53 Å². The van der Waals surface area contributed by atoms with Gasteiger partial charge in [0.1, 0.15) is 5.75 Å². The van der Waals surface area contributed by atoms with Gasteiger partial charge >= 0.3 is 0 Å². The summed E-state index contributed by atoms with van der Waals surface area (Å²) in [5, 5.41) is 6.72. The Kier molecular flexibility index (Phi) is 7.12. The maximum atomic E-state index is 12.2. The van der Waals surface area contributed by atoms with Gasteiger partial charge in [0.25, 0.3) is 5.91 Å². The van der Waals surface area contributed by atoms with Crippen LogP contribution in [0.4, 0.5) is 11.4 Å². The van der Waals surface area contributed by atoms with Crippen molar-refractivity contribution in [2.75, 3.05) is 29.9 Å². The molecule has 1 fully saturated rings. The van der Waals surface area contributed by atoms with E-state index in [9.17, 15) is 4.79 Å². The third-order valence-corrected chi connectivity index (χ3v) is 5.23. The number of aryl methyl sites for hydroxylation is 1. The number of ether oxygens (including phenoxy) is 1. The summed E-state index contributed by atoms with van der Waals surface area (Å²) in [6.45, 7) is 3.82. The molecule has 3 rings (SSSR count). The summed E-state index contributed by atoms with van der Waals surface area (Å²) in [5.41, 5.74) is 2.89. The van der Waals surface area contributed by atoms with Gasteiger partial charge in [-0.25, -0.2) is 0 Å². The van der Waals surface area contributed by atoms with Gasteiger partial charge in [-0.1, -0.05) is 23.7 Å². The van der Waals surface area contributed by atoms with E-state index in [2.05, 4.69) is 21.6 Å². The van der Waals surface area contributed by atoms with Crippen LogP contribution in [0.1, 0.15) is 24.8 Å². The molecular weight excluding hydrogens is 394 g/mol. The lowest BCUT2D eigenvalue weighted by Crippen LogP contribution is -2.38. The van der Waals surface area contributed by atoms with Crippen molar-refractivity contribution in [2.45, 2.75) is 26.2 Å². The number of nitrogens with zero attached hydrogens (tertiary/aromatic N) is 1. The number of nitrogens with one attached hydrogen (secondary N) is 2. The van der Waals surface area contributed by atoms with Gasteiger partial charge in [-0.15, -0.1) is 0 Å². The third kappa shape index (κ3) is 5.59. The van der Waals surface area contributed by atoms with E-state index in [0.29, 0.717) is 10.8 Å². The van der Waals surface area contributed by atoms with Gasteiger partial charge in [-0.2, -0.15) is 0 Å². The SMILES string of the molecule is Cc1cc(OCC(=O)NC(=S)Nc2ccccc2N2CCCCC2)ccc1Cl. The van der Waals surface area contributed by atoms with Crippen LogP contribution in [0.3, 0.4) is 0 Å². The molecule has 0 unspecified atom stereocenters. The largest absolute Gasteiger partial charge is 0.484 e. The molecule has 0 atom stereocenters. The summed E-state index contributed by atoms with van der Waals surface area (Å²) < 4.78 is 5.51. The van der Waals surface area contributed by atoms with Gasteiger partial charge in [0.2, 0.25) is 0 Å². The number of anilines is 2. The number of carbonyl (C=O) groups is 1. The van der Waals surface area contributed by atoms with Crippen molar-refractivity contribution in [3.63, 3.8) is 0 Å². The van der Waals surface area contributed by atoms with Gasteiger partial charge in [0, 0.05) is 18.1 Å². The molecule has 0 aromatic heterocycles. The van der Waals surface area contributed by atoms with Crippen LogP contribution < -0.4 is 20.3 Å². The van der Waals surface area contributed by atoms with Crippen LogP contribution in [-0.4, -0.2) is 30.7 Å². The second kappa shape index (κ2) is 9.75. The molecule has 1 aliphatic heterocycles. The zero-order valence-electron chi connectivity index (χ0n) is 15.8. The minimum absolute atomic E-state index is 0.128. The van der Waals surface area contributed by atoms with Crippen molar-refractivity contribution in [3.8, 4) is 5.75 Å². The van der Waals surface area contributed by atoms with Crippen LogP contribution >= 0.6 is 23.8 Å². The molecule has 0 bridgehead atoms. The third-order valence-electron chi connectivity index (χ3n) is 4.60. The standard InChI is InChI=1S/C21H24ClN3O2S/c1-15-13-16(9-10-17(15)22)27-14-20(26)24-21(28)23-18-7-3-4-8-19(18)25-11-5-2-6-12-25/h3-4,7-10,13H,2,5-6,11-12,14H2,1H3,(H2,23,24,26,28). The van der Waals surface area contributed by atoms with E-state index in [4.69, 9.17) is 28.6 Å². The Morgan fingerprint density at radius 3 is 2.68 bits per heavy atom. The van der Waals surface area contributed by atoms with E-state index in [-0.39, 0.29) is 17.6 Å². The monoisotopic (exact) mass is 417 g/mol. The Morgan fingerprint density at radius 1 is 1.18 bits per heavy atom. The normalized spacial score (nSPS) is 13.7. The van der Waals surface area contributed by atoms with Gasteiger partial charge in [0.15, 0.2) is 11.7 Å². The molecule has 0 aliphatic carbocycles. The number of piperidine rings is 1. The number of hydrogen-bond acceptors (Lipinski definition) is 4. The molecule has 1 saturated heterocycles. The molecule has 28 heavy (non-hydrogen) atoms. The van der Waals surface area contributed by atoms with Crippen LogP contribution in [0.5, 0.6) is 5.75 Å². The summed E-state index contributed by atoms with van der Waals surface area (Å²) in [4.78, 5) is 14.5. The Hall–Kier alpha value is -2.31. The van der Waals surface area contributed by atoms with Crippen LogP contribution in [-0.2, 0) is 4.79 Å². The number of carbonyl (C=O) groups excluding carboxylic acids is 1. The van der Waals surface area contributed by atoms with Gasteiger partial charge < -0.3 is 15.0 Å². The Morgan fingerprint density at radius 2 is 1.93 bits per heavy atom. The van der Waals surface area contributed by atoms with E-state index in [1.54, 1.807) is 18.2 Å². The predicted molar refractivity (Wildman–Crippen MR) is 119 cm³/mol. The van der Waals surface area contributed by atoms with Crippen LogP contribution in [0, 0.1) is 6.92 Å². The quantitative estimate of drug-likeness (QED) is 0.700. The van der Waals surface area contributed by atoms with Crippen molar-refractivity contribution >= 4 is 46.2 Å². The topological polar surface area (TPSA) is 53.6 Å². The molecule has 0 saturated carbocycles. The van der Waals surface area contributed by atoms with Crippen molar-refractivity contribution in [3.05, 3.63) is 53.1 Å². The molecule has 0 spiro atoms. The average molecular weight is 418 g/mol. The number of amides is 1. The molecule has 2 aromatic carbocycles. The molecule has 5 nitrogen and oxygen atoms in total. The lowest BCUT2D eigenvalue weighted by molar-refractivity contribution is -0.121. The highest BCUT2D eigenvalue weighted by atomic mass is 35.5. The summed E-state index contributed by atoms with van der Waals surface area (Å²) in [6.07, 6.45) is 3.65. The maximum absolute atomic E-state index is 12.2. The summed E-state index contributed by atoms with van der Waals surface area (Å²) in [7, 11) is 0. The molecule has 2 N–H and O–H groups in total. The summed E-state index contributed by atoms with van der Waals surface area (Å²) in [6, 6.07) is 13.3. The molecule has 2 aromatic rings. The predicted octanol–water partition coefficient (Wildman–Crippen LogP) is 4.53. The van der Waals surface area contributed by atoms with Gasteiger partial charge in [-0.05, 0) is 74.3 Å². The highest BCUT2D eigenvalue weighted by Crippen LogP contribution is 2.28. The fraction of sp³-hybridized carbons (Fsp3) is 0.333.